The van der Waals surface area contributed by atoms with Crippen LogP contribution in [0.2, 0.25) is 0 Å². The number of nitrogens with zero attached hydrogens (tertiary/aromatic N) is 1. The molecule has 1 aromatic heterocycles. The molecule has 0 aromatic carbocycles. The fourth-order valence-corrected chi connectivity index (χ4v) is 2.26. The highest BCUT2D eigenvalue weighted by molar-refractivity contribution is 14.1. The van der Waals surface area contributed by atoms with E-state index < -0.39 is 18.1 Å². The number of rotatable bonds is 4. The molecular weight excluding hydrogens is 446 g/mol. The number of aromatic nitrogens is 1. The van der Waals surface area contributed by atoms with Gasteiger partial charge in [-0.25, -0.2) is 4.98 Å². The minimum Gasteiger partial charge on any atom is -0.469 e. The summed E-state index contributed by atoms with van der Waals surface area (Å²) in [4.78, 5) is 15.1. The lowest BCUT2D eigenvalue weighted by Crippen LogP contribution is -2.19. The van der Waals surface area contributed by atoms with Gasteiger partial charge in [0, 0.05) is 5.33 Å². The second kappa shape index (κ2) is 6.73. The van der Waals surface area contributed by atoms with Crippen LogP contribution in [0.1, 0.15) is 11.3 Å². The fourth-order valence-electron chi connectivity index (χ4n) is 1.22. The van der Waals surface area contributed by atoms with Crippen LogP contribution in [0.4, 0.5) is 13.2 Å². The number of alkyl halides is 4. The van der Waals surface area contributed by atoms with Gasteiger partial charge in [-0.05, 0) is 34.2 Å². The Morgan fingerprint density at radius 2 is 2.16 bits per heavy atom. The third-order valence-electron chi connectivity index (χ3n) is 2.02. The Morgan fingerprint density at radius 3 is 2.63 bits per heavy atom. The number of ether oxygens (including phenoxy) is 2. The van der Waals surface area contributed by atoms with Crippen LogP contribution in [-0.2, 0) is 21.3 Å². The Labute approximate surface area is 128 Å². The Bertz CT molecular complexity index is 482. The Kier molecular flexibility index (Phi) is 5.83. The molecule has 0 unspecified atom stereocenters. The SMILES string of the molecule is COC(=O)Cc1nc(I)c(OC(F)(F)F)cc1CBr. The Hall–Kier alpha value is -0.580. The quantitative estimate of drug-likeness (QED) is 0.304. The maximum Gasteiger partial charge on any atom is 0.573 e. The van der Waals surface area contributed by atoms with Gasteiger partial charge in [0.05, 0.1) is 19.2 Å². The standard InChI is InChI=1S/C10H8BrF3INO3/c1-18-8(17)3-6-5(4-11)2-7(9(15)16-6)19-10(12,13)14/h2H,3-4H2,1H3. The number of halogens is 5. The maximum atomic E-state index is 12.2. The zero-order chi connectivity index (χ0) is 14.6. The van der Waals surface area contributed by atoms with Gasteiger partial charge in [0.25, 0.3) is 0 Å². The summed E-state index contributed by atoms with van der Waals surface area (Å²) in [7, 11) is 1.22. The maximum absolute atomic E-state index is 12.2. The highest BCUT2D eigenvalue weighted by atomic mass is 127. The average molecular weight is 454 g/mol. The number of hydrogen-bond acceptors (Lipinski definition) is 4. The first kappa shape index (κ1) is 16.5. The third kappa shape index (κ3) is 5.13. The van der Waals surface area contributed by atoms with Gasteiger partial charge in [0.2, 0.25) is 0 Å². The lowest BCUT2D eigenvalue weighted by molar-refractivity contribution is -0.275. The van der Waals surface area contributed by atoms with Gasteiger partial charge in [-0.1, -0.05) is 15.9 Å². The van der Waals surface area contributed by atoms with Crippen molar-refractivity contribution in [2.75, 3.05) is 7.11 Å². The van der Waals surface area contributed by atoms with Crippen molar-refractivity contribution in [2.45, 2.75) is 18.1 Å². The van der Waals surface area contributed by atoms with E-state index in [1.807, 2.05) is 0 Å². The molecule has 1 heterocycles. The van der Waals surface area contributed by atoms with Crippen LogP contribution >= 0.6 is 38.5 Å². The average Bonchev–Trinajstić information content (AvgIpc) is 2.30. The predicted octanol–water partition coefficient (Wildman–Crippen LogP) is 3.20. The summed E-state index contributed by atoms with van der Waals surface area (Å²) < 4.78 is 44.9. The van der Waals surface area contributed by atoms with Crippen LogP contribution in [0.15, 0.2) is 6.07 Å². The molecule has 0 N–H and O–H groups in total. The van der Waals surface area contributed by atoms with E-state index in [2.05, 4.69) is 30.4 Å². The molecule has 0 fully saturated rings. The van der Waals surface area contributed by atoms with E-state index in [4.69, 9.17) is 0 Å². The second-order valence-electron chi connectivity index (χ2n) is 3.32. The summed E-state index contributed by atoms with van der Waals surface area (Å²) in [5.41, 5.74) is 0.785. The van der Waals surface area contributed by atoms with Crippen molar-refractivity contribution in [3.8, 4) is 5.75 Å². The highest BCUT2D eigenvalue weighted by Gasteiger charge is 2.32. The molecule has 0 spiro atoms. The molecule has 19 heavy (non-hydrogen) atoms. The third-order valence-corrected chi connectivity index (χ3v) is 3.40. The minimum absolute atomic E-state index is 0.0264. The molecular formula is C10H8BrF3INO3. The van der Waals surface area contributed by atoms with Crippen molar-refractivity contribution in [1.29, 1.82) is 0 Å². The van der Waals surface area contributed by atoms with Crippen molar-refractivity contribution in [1.82, 2.24) is 4.98 Å². The van der Waals surface area contributed by atoms with Gasteiger partial charge in [-0.15, -0.1) is 13.2 Å². The van der Waals surface area contributed by atoms with Crippen molar-refractivity contribution >= 4 is 44.5 Å². The molecule has 0 aliphatic heterocycles. The van der Waals surface area contributed by atoms with Crippen molar-refractivity contribution in [3.63, 3.8) is 0 Å². The van der Waals surface area contributed by atoms with Gasteiger partial charge in [0.15, 0.2) is 5.75 Å². The molecule has 0 aliphatic carbocycles. The first-order valence-corrected chi connectivity index (χ1v) is 7.03. The van der Waals surface area contributed by atoms with Gasteiger partial charge in [-0.3, -0.25) is 4.79 Å². The topological polar surface area (TPSA) is 48.4 Å². The van der Waals surface area contributed by atoms with E-state index in [0.717, 1.165) is 0 Å². The van der Waals surface area contributed by atoms with Crippen molar-refractivity contribution in [2.24, 2.45) is 0 Å². The van der Waals surface area contributed by atoms with Gasteiger partial charge >= 0.3 is 12.3 Å². The van der Waals surface area contributed by atoms with Crippen LogP contribution in [0.3, 0.4) is 0 Å². The molecule has 0 saturated carbocycles. The largest absolute Gasteiger partial charge is 0.573 e. The normalized spacial score (nSPS) is 11.3. The van der Waals surface area contributed by atoms with Crippen LogP contribution in [0.5, 0.6) is 5.75 Å². The first-order chi connectivity index (χ1) is 8.76. The molecule has 9 heteroatoms. The summed E-state index contributed by atoms with van der Waals surface area (Å²) in [6.45, 7) is 0. The van der Waals surface area contributed by atoms with Crippen molar-refractivity contribution < 1.29 is 27.4 Å². The lowest BCUT2D eigenvalue weighted by Gasteiger charge is -2.13. The number of esters is 1. The molecule has 0 amide bonds. The van der Waals surface area contributed by atoms with E-state index in [1.54, 1.807) is 22.6 Å². The number of pyridine rings is 1. The predicted molar refractivity (Wildman–Crippen MR) is 72.0 cm³/mol. The Balaban J connectivity index is 3.10. The van der Waals surface area contributed by atoms with Gasteiger partial charge in [-0.2, -0.15) is 0 Å². The monoisotopic (exact) mass is 453 g/mol. The lowest BCUT2D eigenvalue weighted by atomic mass is 10.1. The minimum atomic E-state index is -4.78. The number of hydrogen-bond donors (Lipinski definition) is 0. The molecule has 1 aromatic rings. The summed E-state index contributed by atoms with van der Waals surface area (Å²) in [6.07, 6.45) is -4.89. The summed E-state index contributed by atoms with van der Waals surface area (Å²) in [5.74, 6) is -0.911. The summed E-state index contributed by atoms with van der Waals surface area (Å²) in [5, 5.41) is 0.247. The van der Waals surface area contributed by atoms with Crippen molar-refractivity contribution in [3.05, 3.63) is 21.0 Å². The molecule has 4 nitrogen and oxygen atoms in total. The van der Waals surface area contributed by atoms with Gasteiger partial charge < -0.3 is 9.47 Å². The zero-order valence-corrected chi connectivity index (χ0v) is 13.3. The van der Waals surface area contributed by atoms with E-state index in [0.29, 0.717) is 11.3 Å². The molecule has 0 saturated heterocycles. The molecule has 0 atom stereocenters. The van der Waals surface area contributed by atoms with Crippen LogP contribution in [-0.4, -0.2) is 24.4 Å². The van der Waals surface area contributed by atoms with Crippen LogP contribution in [0.25, 0.3) is 0 Å². The first-order valence-electron chi connectivity index (χ1n) is 4.83. The zero-order valence-electron chi connectivity index (χ0n) is 9.55. The molecule has 0 bridgehead atoms. The fraction of sp³-hybridized carbons (Fsp3) is 0.400. The Morgan fingerprint density at radius 1 is 1.53 bits per heavy atom. The molecule has 1 rings (SSSR count). The number of carbonyl (C=O) groups excluding carboxylic acids is 1. The van der Waals surface area contributed by atoms with E-state index in [-0.39, 0.29) is 15.5 Å². The number of carbonyl (C=O) groups is 1. The summed E-state index contributed by atoms with van der Waals surface area (Å²) in [6, 6.07) is 1.20. The summed E-state index contributed by atoms with van der Waals surface area (Å²) >= 11 is 4.74. The number of methoxy groups -OCH3 is 1. The van der Waals surface area contributed by atoms with Crippen LogP contribution < -0.4 is 4.74 Å². The molecule has 0 aliphatic rings. The van der Waals surface area contributed by atoms with Crippen LogP contribution in [0, 0.1) is 3.70 Å². The second-order valence-corrected chi connectivity index (χ2v) is 4.90. The highest BCUT2D eigenvalue weighted by Crippen LogP contribution is 2.29. The molecule has 106 valence electrons. The molecule has 0 radical (unpaired) electrons. The van der Waals surface area contributed by atoms with E-state index >= 15 is 0 Å². The van der Waals surface area contributed by atoms with E-state index in [1.165, 1.54) is 13.2 Å². The van der Waals surface area contributed by atoms with E-state index in [9.17, 15) is 18.0 Å². The smallest absolute Gasteiger partial charge is 0.469 e. The van der Waals surface area contributed by atoms with Gasteiger partial charge in [0.1, 0.15) is 3.70 Å².